The van der Waals surface area contributed by atoms with Crippen LogP contribution in [0.1, 0.15) is 26.7 Å². The first-order valence-electron chi connectivity index (χ1n) is 11.0. The second-order valence-corrected chi connectivity index (χ2v) is 9.12. The summed E-state index contributed by atoms with van der Waals surface area (Å²) in [6.07, 6.45) is 1.57. The van der Waals surface area contributed by atoms with Crippen molar-refractivity contribution >= 4 is 28.8 Å². The molecule has 0 spiro atoms. The number of benzene rings is 2. The van der Waals surface area contributed by atoms with Gasteiger partial charge in [-0.1, -0.05) is 11.8 Å². The van der Waals surface area contributed by atoms with Crippen LogP contribution in [0.25, 0.3) is 11.0 Å². The van der Waals surface area contributed by atoms with E-state index in [1.807, 2.05) is 26.0 Å². The number of nitrogens with zero attached hydrogens (tertiary/aromatic N) is 1. The molecule has 1 aliphatic rings. The Morgan fingerprint density at radius 3 is 2.32 bits per heavy atom. The van der Waals surface area contributed by atoms with Crippen LogP contribution in [0.15, 0.2) is 55.6 Å². The van der Waals surface area contributed by atoms with Crippen molar-refractivity contribution in [1.82, 2.24) is 4.90 Å². The van der Waals surface area contributed by atoms with Gasteiger partial charge in [-0.25, -0.2) is 4.79 Å². The summed E-state index contributed by atoms with van der Waals surface area (Å²) >= 11 is 1.28. The van der Waals surface area contributed by atoms with Crippen molar-refractivity contribution in [3.63, 3.8) is 0 Å². The fraction of sp³-hybridized carbons (Fsp3) is 0.360. The number of hydrogen-bond donors (Lipinski definition) is 0. The molecule has 180 valence electrons. The summed E-state index contributed by atoms with van der Waals surface area (Å²) in [6.45, 7) is 5.25. The first-order chi connectivity index (χ1) is 16.4. The number of rotatable bonds is 7. The molecule has 9 heteroatoms. The highest BCUT2D eigenvalue weighted by Gasteiger charge is 2.22. The maximum absolute atomic E-state index is 13.0. The van der Waals surface area contributed by atoms with Gasteiger partial charge in [0.15, 0.2) is 22.0 Å². The molecule has 1 saturated heterocycles. The molecule has 0 aliphatic carbocycles. The largest absolute Gasteiger partial charge is 0.492 e. The van der Waals surface area contributed by atoms with Gasteiger partial charge in [0.2, 0.25) is 5.75 Å². The summed E-state index contributed by atoms with van der Waals surface area (Å²) in [4.78, 5) is 27.6. The minimum absolute atomic E-state index is 0.113. The highest BCUT2D eigenvalue weighted by Crippen LogP contribution is 2.43. The lowest BCUT2D eigenvalue weighted by molar-refractivity contribution is 0.162. The van der Waals surface area contributed by atoms with Gasteiger partial charge in [0, 0.05) is 30.1 Å². The van der Waals surface area contributed by atoms with Gasteiger partial charge in [-0.2, -0.15) is 0 Å². The van der Waals surface area contributed by atoms with Crippen molar-refractivity contribution in [2.24, 2.45) is 0 Å². The first-order valence-corrected chi connectivity index (χ1v) is 11.9. The maximum Gasteiger partial charge on any atom is 0.415 e. The highest BCUT2D eigenvalue weighted by atomic mass is 32.2. The predicted octanol–water partition coefficient (Wildman–Crippen LogP) is 5.34. The quantitative estimate of drug-likeness (QED) is 0.443. The lowest BCUT2D eigenvalue weighted by atomic mass is 10.1. The molecular weight excluding hydrogens is 458 g/mol. The minimum atomic E-state index is -0.331. The molecule has 1 aromatic heterocycles. The molecule has 0 bridgehead atoms. The number of likely N-dealkylation sites (tertiary alicyclic amines) is 1. The molecule has 34 heavy (non-hydrogen) atoms. The molecule has 2 aromatic carbocycles. The summed E-state index contributed by atoms with van der Waals surface area (Å²) < 4.78 is 28.2. The van der Waals surface area contributed by atoms with Crippen LogP contribution in [-0.4, -0.2) is 44.4 Å². The van der Waals surface area contributed by atoms with Crippen LogP contribution in [0.5, 0.6) is 23.0 Å². The second kappa shape index (κ2) is 10.3. The molecule has 1 fully saturated rings. The molecule has 0 atom stereocenters. The Labute approximate surface area is 201 Å². The maximum atomic E-state index is 13.0. The fourth-order valence-corrected chi connectivity index (χ4v) is 4.56. The molecule has 2 heterocycles. The lowest BCUT2D eigenvalue weighted by Crippen LogP contribution is -2.30. The van der Waals surface area contributed by atoms with Crippen LogP contribution in [0.4, 0.5) is 4.79 Å². The Bertz CT molecular complexity index is 1230. The van der Waals surface area contributed by atoms with Crippen LogP contribution in [0.3, 0.4) is 0 Å². The number of fused-ring (bicyclic) bond motifs is 1. The minimum Gasteiger partial charge on any atom is -0.492 e. The number of carbonyl (C=O) groups is 1. The van der Waals surface area contributed by atoms with Gasteiger partial charge in [-0.05, 0) is 51.0 Å². The number of hydrogen-bond acceptors (Lipinski definition) is 8. The van der Waals surface area contributed by atoms with E-state index in [9.17, 15) is 9.59 Å². The fourth-order valence-electron chi connectivity index (χ4n) is 3.76. The van der Waals surface area contributed by atoms with E-state index in [4.69, 9.17) is 23.4 Å². The third kappa shape index (κ3) is 5.09. The Morgan fingerprint density at radius 2 is 1.71 bits per heavy atom. The standard InChI is InChI=1S/C25H27NO7S/c1-15(2)31-20-14-19-22(24(30-4)23(20)29-3)18(27)13-21(33-19)34-17-9-7-16(8-10-17)32-25(28)26-11-5-6-12-26/h7-10,13-15H,5-6,11-12H2,1-4H3. The van der Waals surface area contributed by atoms with Crippen molar-refractivity contribution in [3.05, 3.63) is 46.6 Å². The van der Waals surface area contributed by atoms with E-state index in [1.54, 1.807) is 23.1 Å². The van der Waals surface area contributed by atoms with Crippen molar-refractivity contribution in [2.45, 2.75) is 42.8 Å². The smallest absolute Gasteiger partial charge is 0.415 e. The Morgan fingerprint density at radius 1 is 1.03 bits per heavy atom. The summed E-state index contributed by atoms with van der Waals surface area (Å²) in [7, 11) is 2.96. The Hall–Kier alpha value is -3.33. The first kappa shape index (κ1) is 23.8. The Balaban J connectivity index is 1.59. The van der Waals surface area contributed by atoms with Gasteiger partial charge >= 0.3 is 6.09 Å². The summed E-state index contributed by atoms with van der Waals surface area (Å²) in [6, 6.07) is 10.1. The zero-order valence-corrected chi connectivity index (χ0v) is 20.4. The summed E-state index contributed by atoms with van der Waals surface area (Å²) in [5.74, 6) is 1.51. The lowest BCUT2D eigenvalue weighted by Gasteiger charge is -2.17. The van der Waals surface area contributed by atoms with Gasteiger partial charge in [-0.3, -0.25) is 4.79 Å². The van der Waals surface area contributed by atoms with Gasteiger partial charge in [0.1, 0.15) is 16.7 Å². The van der Waals surface area contributed by atoms with Crippen LogP contribution in [0.2, 0.25) is 0 Å². The summed E-state index contributed by atoms with van der Waals surface area (Å²) in [5, 5.41) is 0.686. The topological polar surface area (TPSA) is 87.4 Å². The monoisotopic (exact) mass is 485 g/mol. The van der Waals surface area contributed by atoms with Gasteiger partial charge in [0.05, 0.1) is 20.3 Å². The zero-order valence-electron chi connectivity index (χ0n) is 19.6. The molecule has 0 unspecified atom stereocenters. The average Bonchev–Trinajstić information content (AvgIpc) is 3.34. The molecule has 8 nitrogen and oxygen atoms in total. The van der Waals surface area contributed by atoms with Crippen LogP contribution >= 0.6 is 11.8 Å². The third-order valence-electron chi connectivity index (χ3n) is 5.25. The van der Waals surface area contributed by atoms with Crippen molar-refractivity contribution < 1.29 is 28.2 Å². The van der Waals surface area contributed by atoms with E-state index in [2.05, 4.69) is 0 Å². The van der Waals surface area contributed by atoms with E-state index in [0.29, 0.717) is 27.9 Å². The predicted molar refractivity (Wildman–Crippen MR) is 129 cm³/mol. The molecule has 0 N–H and O–H groups in total. The normalized spacial score (nSPS) is 13.4. The van der Waals surface area contributed by atoms with E-state index < -0.39 is 0 Å². The average molecular weight is 486 g/mol. The molecule has 0 radical (unpaired) electrons. The highest BCUT2D eigenvalue weighted by molar-refractivity contribution is 7.99. The van der Waals surface area contributed by atoms with Crippen LogP contribution in [-0.2, 0) is 0 Å². The van der Waals surface area contributed by atoms with Gasteiger partial charge < -0.3 is 28.3 Å². The number of amides is 1. The van der Waals surface area contributed by atoms with E-state index in [0.717, 1.165) is 30.8 Å². The molecule has 1 amide bonds. The molecule has 1 aliphatic heterocycles. The van der Waals surface area contributed by atoms with E-state index in [-0.39, 0.29) is 28.8 Å². The molecule has 4 rings (SSSR count). The molecular formula is C25H27NO7S. The van der Waals surface area contributed by atoms with Crippen molar-refractivity contribution in [2.75, 3.05) is 27.3 Å². The van der Waals surface area contributed by atoms with Gasteiger partial charge in [0.25, 0.3) is 0 Å². The SMILES string of the molecule is COc1c(OC(C)C)cc2oc(Sc3ccc(OC(=O)N4CCCC4)cc3)cc(=O)c2c1OC. The van der Waals surface area contributed by atoms with E-state index >= 15 is 0 Å². The third-order valence-corrected chi connectivity index (χ3v) is 6.16. The number of ether oxygens (including phenoxy) is 4. The number of carbonyl (C=O) groups excluding carboxylic acids is 1. The van der Waals surface area contributed by atoms with Crippen LogP contribution in [0, 0.1) is 0 Å². The zero-order chi connectivity index (χ0) is 24.2. The summed E-state index contributed by atoms with van der Waals surface area (Å²) in [5.41, 5.74) is 0.0747. The van der Waals surface area contributed by atoms with Crippen molar-refractivity contribution in [1.29, 1.82) is 0 Å². The van der Waals surface area contributed by atoms with Gasteiger partial charge in [-0.15, -0.1) is 0 Å². The van der Waals surface area contributed by atoms with Crippen molar-refractivity contribution in [3.8, 4) is 23.0 Å². The van der Waals surface area contributed by atoms with E-state index in [1.165, 1.54) is 32.0 Å². The molecule has 3 aromatic rings. The molecule has 0 saturated carbocycles. The van der Waals surface area contributed by atoms with Crippen LogP contribution < -0.4 is 24.4 Å². The number of methoxy groups -OCH3 is 2. The second-order valence-electron chi connectivity index (χ2n) is 8.05. The Kier molecular flexibility index (Phi) is 7.21.